The van der Waals surface area contributed by atoms with Crippen molar-refractivity contribution in [3.05, 3.63) is 40.2 Å². The second-order valence-corrected chi connectivity index (χ2v) is 4.12. The van der Waals surface area contributed by atoms with Crippen molar-refractivity contribution in [3.63, 3.8) is 0 Å². The molecule has 0 atom stereocenters. The van der Waals surface area contributed by atoms with Gasteiger partial charge in [-0.3, -0.25) is 4.79 Å². The topological polar surface area (TPSA) is 80.9 Å². The Kier molecular flexibility index (Phi) is 4.11. The summed E-state index contributed by atoms with van der Waals surface area (Å²) in [4.78, 5) is 19.3. The average Bonchev–Trinajstić information content (AvgIpc) is 2.80. The molecule has 0 fully saturated rings. The van der Waals surface area contributed by atoms with Crippen LogP contribution in [-0.2, 0) is 6.42 Å². The first kappa shape index (κ1) is 12.8. The lowest BCUT2D eigenvalue weighted by Crippen LogP contribution is -2.25. The highest BCUT2D eigenvalue weighted by atomic mass is 35.5. The van der Waals surface area contributed by atoms with E-state index in [4.69, 9.17) is 27.7 Å². The third kappa shape index (κ3) is 3.41. The van der Waals surface area contributed by atoms with Gasteiger partial charge in [0.1, 0.15) is 10.3 Å². The minimum atomic E-state index is -0.291. The molecule has 1 N–H and O–H groups in total. The van der Waals surface area contributed by atoms with Crippen molar-refractivity contribution in [2.45, 2.75) is 6.42 Å². The average molecular weight is 287 g/mol. The SMILES string of the molecule is O=C(NCCc1ncno1)c1cc(Cl)nc(Cl)c1. The standard InChI is InChI=1S/C10H8Cl2N4O2/c11-7-3-6(4-8(12)16-7)10(17)13-2-1-9-14-5-15-18-9/h3-5H,1-2H2,(H,13,17). The molecule has 0 aliphatic heterocycles. The quantitative estimate of drug-likeness (QED) is 0.866. The predicted octanol–water partition coefficient (Wildman–Crippen LogP) is 1.74. The molecule has 94 valence electrons. The number of aromatic nitrogens is 3. The van der Waals surface area contributed by atoms with Crippen LogP contribution >= 0.6 is 23.2 Å². The number of hydrogen-bond donors (Lipinski definition) is 1. The molecule has 0 aliphatic rings. The summed E-state index contributed by atoms with van der Waals surface area (Å²) in [5.41, 5.74) is 0.352. The minimum Gasteiger partial charge on any atom is -0.352 e. The van der Waals surface area contributed by atoms with Crippen LogP contribution in [0.25, 0.3) is 0 Å². The van der Waals surface area contributed by atoms with Crippen LogP contribution in [0.15, 0.2) is 23.0 Å². The van der Waals surface area contributed by atoms with E-state index in [2.05, 4.69) is 20.4 Å². The highest BCUT2D eigenvalue weighted by molar-refractivity contribution is 6.33. The molecule has 0 unspecified atom stereocenters. The van der Waals surface area contributed by atoms with Crippen molar-refractivity contribution in [3.8, 4) is 0 Å². The molecule has 8 heteroatoms. The van der Waals surface area contributed by atoms with E-state index < -0.39 is 0 Å². The fraction of sp³-hybridized carbons (Fsp3) is 0.200. The van der Waals surface area contributed by atoms with Crippen molar-refractivity contribution in [2.24, 2.45) is 0 Å². The Bertz CT molecular complexity index is 525. The lowest BCUT2D eigenvalue weighted by Gasteiger charge is -2.04. The normalized spacial score (nSPS) is 10.3. The van der Waals surface area contributed by atoms with Crippen LogP contribution in [0.4, 0.5) is 0 Å². The molecule has 0 bridgehead atoms. The fourth-order valence-corrected chi connectivity index (χ4v) is 1.75. The maximum Gasteiger partial charge on any atom is 0.251 e. The number of hydrogen-bond acceptors (Lipinski definition) is 5. The summed E-state index contributed by atoms with van der Waals surface area (Å²) in [6.45, 7) is 0.374. The summed E-state index contributed by atoms with van der Waals surface area (Å²) >= 11 is 11.4. The third-order valence-electron chi connectivity index (χ3n) is 2.06. The van der Waals surface area contributed by atoms with Gasteiger partial charge < -0.3 is 9.84 Å². The van der Waals surface area contributed by atoms with Gasteiger partial charge in [-0.15, -0.1) is 0 Å². The lowest BCUT2D eigenvalue weighted by molar-refractivity contribution is 0.0953. The van der Waals surface area contributed by atoms with E-state index in [1.54, 1.807) is 0 Å². The number of carbonyl (C=O) groups is 1. The van der Waals surface area contributed by atoms with Crippen molar-refractivity contribution in [1.29, 1.82) is 0 Å². The van der Waals surface area contributed by atoms with Gasteiger partial charge in [0.15, 0.2) is 6.33 Å². The highest BCUT2D eigenvalue weighted by Crippen LogP contribution is 2.14. The summed E-state index contributed by atoms with van der Waals surface area (Å²) in [6, 6.07) is 2.88. The molecule has 0 spiro atoms. The Morgan fingerprint density at radius 2 is 2.06 bits per heavy atom. The monoisotopic (exact) mass is 286 g/mol. The van der Waals surface area contributed by atoms with Gasteiger partial charge in [0.2, 0.25) is 5.89 Å². The molecule has 6 nitrogen and oxygen atoms in total. The molecule has 1 amide bonds. The van der Waals surface area contributed by atoms with Crippen molar-refractivity contribution >= 4 is 29.1 Å². The molecule has 2 aromatic heterocycles. The van der Waals surface area contributed by atoms with Crippen molar-refractivity contribution in [1.82, 2.24) is 20.4 Å². The van der Waals surface area contributed by atoms with Gasteiger partial charge in [-0.25, -0.2) is 4.98 Å². The zero-order valence-corrected chi connectivity index (χ0v) is 10.6. The van der Waals surface area contributed by atoms with Crippen LogP contribution in [0.2, 0.25) is 10.3 Å². The number of rotatable bonds is 4. The van der Waals surface area contributed by atoms with Crippen molar-refractivity contribution < 1.29 is 9.32 Å². The Labute approximate surface area is 112 Å². The first-order valence-electron chi connectivity index (χ1n) is 5.02. The lowest BCUT2D eigenvalue weighted by atomic mass is 10.2. The zero-order chi connectivity index (χ0) is 13.0. The van der Waals surface area contributed by atoms with Gasteiger partial charge in [-0.2, -0.15) is 4.98 Å². The molecule has 0 aliphatic carbocycles. The van der Waals surface area contributed by atoms with Gasteiger partial charge in [0.25, 0.3) is 5.91 Å². The molecule has 0 aromatic carbocycles. The molecule has 0 saturated heterocycles. The molecule has 0 saturated carbocycles. The van der Waals surface area contributed by atoms with Crippen molar-refractivity contribution in [2.75, 3.05) is 6.54 Å². The number of nitrogens with zero attached hydrogens (tertiary/aromatic N) is 3. The number of carbonyl (C=O) groups excluding carboxylic acids is 1. The Morgan fingerprint density at radius 1 is 1.33 bits per heavy atom. The molecule has 2 heterocycles. The Balaban J connectivity index is 1.91. The van der Waals surface area contributed by atoms with Crippen LogP contribution in [0.1, 0.15) is 16.2 Å². The zero-order valence-electron chi connectivity index (χ0n) is 9.06. The van der Waals surface area contributed by atoms with Gasteiger partial charge in [0.05, 0.1) is 0 Å². The summed E-state index contributed by atoms with van der Waals surface area (Å²) < 4.78 is 4.79. The van der Waals surface area contributed by atoms with E-state index in [9.17, 15) is 4.79 Å². The van der Waals surface area contributed by atoms with Gasteiger partial charge in [-0.05, 0) is 12.1 Å². The molecule has 18 heavy (non-hydrogen) atoms. The number of nitrogens with one attached hydrogen (secondary N) is 1. The second kappa shape index (κ2) is 5.79. The Hall–Kier alpha value is -1.66. The Morgan fingerprint density at radius 3 is 2.67 bits per heavy atom. The van der Waals surface area contributed by atoms with E-state index in [-0.39, 0.29) is 16.2 Å². The van der Waals surface area contributed by atoms with E-state index in [0.717, 1.165) is 0 Å². The van der Waals surface area contributed by atoms with E-state index in [1.165, 1.54) is 18.5 Å². The molecule has 2 aromatic rings. The van der Waals surface area contributed by atoms with Crippen LogP contribution in [0, 0.1) is 0 Å². The number of amides is 1. The van der Waals surface area contributed by atoms with Gasteiger partial charge in [0, 0.05) is 18.5 Å². The maximum absolute atomic E-state index is 11.8. The smallest absolute Gasteiger partial charge is 0.251 e. The molecule has 2 rings (SSSR count). The predicted molar refractivity (Wildman–Crippen MR) is 64.6 cm³/mol. The minimum absolute atomic E-state index is 0.171. The largest absolute Gasteiger partial charge is 0.352 e. The van der Waals surface area contributed by atoms with Crippen LogP contribution in [0.5, 0.6) is 0 Å². The first-order chi connectivity index (χ1) is 8.65. The van der Waals surface area contributed by atoms with E-state index in [1.807, 2.05) is 0 Å². The van der Waals surface area contributed by atoms with Gasteiger partial charge >= 0.3 is 0 Å². The molecular weight excluding hydrogens is 279 g/mol. The number of pyridine rings is 1. The summed E-state index contributed by atoms with van der Waals surface area (Å²) in [5, 5.41) is 6.48. The molecule has 0 radical (unpaired) electrons. The summed E-state index contributed by atoms with van der Waals surface area (Å²) in [6.07, 6.45) is 1.76. The third-order valence-corrected chi connectivity index (χ3v) is 2.44. The fourth-order valence-electron chi connectivity index (χ4n) is 1.29. The first-order valence-corrected chi connectivity index (χ1v) is 5.77. The highest BCUT2D eigenvalue weighted by Gasteiger charge is 2.08. The second-order valence-electron chi connectivity index (χ2n) is 3.34. The number of halogens is 2. The van der Waals surface area contributed by atoms with Crippen LogP contribution in [0.3, 0.4) is 0 Å². The summed E-state index contributed by atoms with van der Waals surface area (Å²) in [7, 11) is 0. The molecular formula is C10H8Cl2N4O2. The van der Waals surface area contributed by atoms with Crippen LogP contribution < -0.4 is 5.32 Å². The summed E-state index contributed by atoms with van der Waals surface area (Å²) in [5.74, 6) is 0.168. The maximum atomic E-state index is 11.8. The van der Waals surface area contributed by atoms with Gasteiger partial charge in [-0.1, -0.05) is 28.4 Å². The van der Waals surface area contributed by atoms with E-state index in [0.29, 0.717) is 24.4 Å². The van der Waals surface area contributed by atoms with Crippen LogP contribution in [-0.4, -0.2) is 27.6 Å². The van der Waals surface area contributed by atoms with E-state index >= 15 is 0 Å².